The van der Waals surface area contributed by atoms with Gasteiger partial charge in [0.15, 0.2) is 0 Å². The van der Waals surface area contributed by atoms with Crippen LogP contribution in [0.1, 0.15) is 0 Å². The lowest BCUT2D eigenvalue weighted by Crippen LogP contribution is -2.29. The van der Waals surface area contributed by atoms with Crippen LogP contribution in [0.5, 0.6) is 0 Å². The van der Waals surface area contributed by atoms with Gasteiger partial charge in [-0.1, -0.05) is 0 Å². The fourth-order valence-electron chi connectivity index (χ4n) is 2.28. The zero-order chi connectivity index (χ0) is 15.0. The SMILES string of the molecule is NCCN.O=C1C=C(N2CC2)C(=O)C(N2CC2)=C1N1CC1. The first-order chi connectivity index (χ1) is 10.2. The average Bonchev–Trinajstić information content (AvgIpc) is 3.30. The quantitative estimate of drug-likeness (QED) is 0.461. The van der Waals surface area contributed by atoms with Crippen molar-refractivity contribution in [3.05, 3.63) is 23.2 Å². The molecular weight excluding hydrogens is 270 g/mol. The Balaban J connectivity index is 0.000000298. The number of hydrogen-bond acceptors (Lipinski definition) is 7. The number of ketones is 2. The summed E-state index contributed by atoms with van der Waals surface area (Å²) in [4.78, 5) is 30.5. The minimum atomic E-state index is 0.00546. The highest BCUT2D eigenvalue weighted by Crippen LogP contribution is 2.33. The van der Waals surface area contributed by atoms with Crippen LogP contribution in [0.15, 0.2) is 23.2 Å². The van der Waals surface area contributed by atoms with E-state index in [9.17, 15) is 9.59 Å². The normalized spacial score (nSPS) is 23.0. The number of carbonyl (C=O) groups excluding carboxylic acids is 2. The predicted octanol–water partition coefficient (Wildman–Crippen LogP) is -1.92. The second-order valence-corrected chi connectivity index (χ2v) is 5.46. The third-order valence-corrected chi connectivity index (χ3v) is 3.65. The van der Waals surface area contributed by atoms with Gasteiger partial charge in [0, 0.05) is 58.4 Å². The van der Waals surface area contributed by atoms with Crippen LogP contribution in [-0.2, 0) is 9.59 Å². The molecule has 0 atom stereocenters. The highest BCUT2D eigenvalue weighted by molar-refractivity contribution is 6.22. The minimum absolute atomic E-state index is 0.00546. The van der Waals surface area contributed by atoms with E-state index in [1.54, 1.807) is 0 Å². The number of hydrogen-bond donors (Lipinski definition) is 2. The summed E-state index contributed by atoms with van der Waals surface area (Å²) in [5.74, 6) is 0.0485. The average molecular weight is 291 g/mol. The summed E-state index contributed by atoms with van der Waals surface area (Å²) in [5, 5.41) is 0. The van der Waals surface area contributed by atoms with Crippen molar-refractivity contribution < 1.29 is 9.59 Å². The summed E-state index contributed by atoms with van der Waals surface area (Å²) in [6.45, 7) is 6.60. The van der Waals surface area contributed by atoms with E-state index in [2.05, 4.69) is 0 Å². The fraction of sp³-hybridized carbons (Fsp3) is 0.571. The first-order valence-corrected chi connectivity index (χ1v) is 7.37. The molecule has 0 aromatic carbocycles. The van der Waals surface area contributed by atoms with Crippen molar-refractivity contribution in [3.8, 4) is 0 Å². The van der Waals surface area contributed by atoms with E-state index in [0.717, 1.165) is 39.3 Å². The van der Waals surface area contributed by atoms with Gasteiger partial charge in [0.1, 0.15) is 11.4 Å². The molecule has 0 saturated carbocycles. The Hall–Kier alpha value is -1.86. The molecule has 4 aliphatic rings. The van der Waals surface area contributed by atoms with Gasteiger partial charge in [-0.15, -0.1) is 0 Å². The smallest absolute Gasteiger partial charge is 0.227 e. The van der Waals surface area contributed by atoms with Crippen molar-refractivity contribution in [3.63, 3.8) is 0 Å². The standard InChI is InChI=1S/C12H13N3O2.C2H8N2/c16-9-7-8(13-1-2-13)12(17)11(15-5-6-15)10(9)14-3-4-14;3-1-2-4/h7H,1-6H2;1-4H2. The number of rotatable bonds is 4. The molecule has 21 heavy (non-hydrogen) atoms. The third-order valence-electron chi connectivity index (χ3n) is 3.65. The zero-order valence-electron chi connectivity index (χ0n) is 12.0. The van der Waals surface area contributed by atoms with Crippen LogP contribution in [0.25, 0.3) is 0 Å². The van der Waals surface area contributed by atoms with Gasteiger partial charge >= 0.3 is 0 Å². The minimum Gasteiger partial charge on any atom is -0.365 e. The first kappa shape index (κ1) is 14.1. The lowest BCUT2D eigenvalue weighted by atomic mass is 10.0. The van der Waals surface area contributed by atoms with Gasteiger partial charge in [-0.25, -0.2) is 0 Å². The monoisotopic (exact) mass is 291 g/mol. The molecule has 0 bridgehead atoms. The number of Topliss-reactive ketones (excluding diaryl/α,β-unsaturated/α-hetero) is 1. The molecule has 3 fully saturated rings. The van der Waals surface area contributed by atoms with E-state index in [4.69, 9.17) is 11.5 Å². The molecule has 3 heterocycles. The number of nitrogens with two attached hydrogens (primary N) is 2. The molecule has 0 spiro atoms. The Kier molecular flexibility index (Phi) is 3.69. The molecule has 0 unspecified atom stereocenters. The van der Waals surface area contributed by atoms with E-state index >= 15 is 0 Å². The molecule has 0 aromatic heterocycles. The molecule has 4 rings (SSSR count). The highest BCUT2D eigenvalue weighted by Gasteiger charge is 2.43. The molecule has 4 N–H and O–H groups in total. The molecule has 0 amide bonds. The van der Waals surface area contributed by atoms with Crippen molar-refractivity contribution in [2.75, 3.05) is 52.4 Å². The number of allylic oxidation sites excluding steroid dienone is 1. The molecule has 114 valence electrons. The highest BCUT2D eigenvalue weighted by atomic mass is 16.1. The van der Waals surface area contributed by atoms with Gasteiger partial charge in [0.05, 0.1) is 5.70 Å². The summed E-state index contributed by atoms with van der Waals surface area (Å²) in [5.41, 5.74) is 11.7. The Bertz CT molecular complexity index is 525. The predicted molar refractivity (Wildman–Crippen MR) is 78.0 cm³/mol. The van der Waals surface area contributed by atoms with Crippen molar-refractivity contribution in [1.29, 1.82) is 0 Å². The lowest BCUT2D eigenvalue weighted by Gasteiger charge is -2.21. The number of nitrogens with zero attached hydrogens (tertiary/aromatic N) is 3. The maximum Gasteiger partial charge on any atom is 0.227 e. The van der Waals surface area contributed by atoms with Gasteiger partial charge in [-0.3, -0.25) is 9.59 Å². The first-order valence-electron chi connectivity index (χ1n) is 7.37. The van der Waals surface area contributed by atoms with Crippen molar-refractivity contribution in [1.82, 2.24) is 14.7 Å². The van der Waals surface area contributed by atoms with E-state index in [0.29, 0.717) is 30.2 Å². The van der Waals surface area contributed by atoms with Crippen LogP contribution in [-0.4, -0.2) is 78.6 Å². The molecule has 3 saturated heterocycles. The van der Waals surface area contributed by atoms with Gasteiger partial charge in [0.2, 0.25) is 11.6 Å². The van der Waals surface area contributed by atoms with Gasteiger partial charge in [0.25, 0.3) is 0 Å². The van der Waals surface area contributed by atoms with E-state index in [-0.39, 0.29) is 11.6 Å². The van der Waals surface area contributed by atoms with Crippen molar-refractivity contribution >= 4 is 11.6 Å². The molecule has 7 nitrogen and oxygen atoms in total. The summed E-state index contributed by atoms with van der Waals surface area (Å²) in [7, 11) is 0. The van der Waals surface area contributed by atoms with E-state index in [1.165, 1.54) is 6.08 Å². The second kappa shape index (κ2) is 5.50. The Labute approximate surface area is 123 Å². The van der Waals surface area contributed by atoms with Gasteiger partial charge in [-0.2, -0.15) is 0 Å². The number of carbonyl (C=O) groups is 2. The maximum atomic E-state index is 12.4. The van der Waals surface area contributed by atoms with Crippen molar-refractivity contribution in [2.45, 2.75) is 0 Å². The summed E-state index contributed by atoms with van der Waals surface area (Å²) in [6.07, 6.45) is 1.52. The van der Waals surface area contributed by atoms with Crippen LogP contribution in [0.2, 0.25) is 0 Å². The Morgan fingerprint density at radius 2 is 1.29 bits per heavy atom. The molecule has 7 heteroatoms. The second-order valence-electron chi connectivity index (χ2n) is 5.46. The molecule has 3 aliphatic heterocycles. The maximum absolute atomic E-state index is 12.4. The van der Waals surface area contributed by atoms with Crippen LogP contribution in [0.4, 0.5) is 0 Å². The fourth-order valence-corrected chi connectivity index (χ4v) is 2.28. The van der Waals surface area contributed by atoms with Crippen molar-refractivity contribution in [2.24, 2.45) is 11.5 Å². The molecule has 0 aromatic rings. The summed E-state index contributed by atoms with van der Waals surface area (Å²) < 4.78 is 0. The lowest BCUT2D eigenvalue weighted by molar-refractivity contribution is -0.117. The molecule has 1 aliphatic carbocycles. The molecule has 0 radical (unpaired) electrons. The largest absolute Gasteiger partial charge is 0.365 e. The van der Waals surface area contributed by atoms with Gasteiger partial charge < -0.3 is 26.2 Å². The summed E-state index contributed by atoms with van der Waals surface area (Å²) >= 11 is 0. The van der Waals surface area contributed by atoms with Crippen LogP contribution < -0.4 is 11.5 Å². The Morgan fingerprint density at radius 3 is 1.71 bits per heavy atom. The summed E-state index contributed by atoms with van der Waals surface area (Å²) in [6, 6.07) is 0. The van der Waals surface area contributed by atoms with E-state index in [1.807, 2.05) is 14.7 Å². The van der Waals surface area contributed by atoms with E-state index < -0.39 is 0 Å². The van der Waals surface area contributed by atoms with Crippen LogP contribution in [0.3, 0.4) is 0 Å². The zero-order valence-corrected chi connectivity index (χ0v) is 12.0. The van der Waals surface area contributed by atoms with Crippen LogP contribution in [0, 0.1) is 0 Å². The molecular formula is C14H21N5O2. The van der Waals surface area contributed by atoms with Gasteiger partial charge in [-0.05, 0) is 0 Å². The Morgan fingerprint density at radius 1 is 0.810 bits per heavy atom. The van der Waals surface area contributed by atoms with Crippen LogP contribution >= 0.6 is 0 Å². The third kappa shape index (κ3) is 2.93. The topological polar surface area (TPSA) is 95.2 Å².